The Labute approximate surface area is 125 Å². The number of hydrogen-bond acceptors (Lipinski definition) is 3. The van der Waals surface area contributed by atoms with Crippen LogP contribution in [0.4, 0.5) is 0 Å². The van der Waals surface area contributed by atoms with Gasteiger partial charge in [0, 0.05) is 5.56 Å². The van der Waals surface area contributed by atoms with E-state index in [1.807, 2.05) is 0 Å². The maximum atomic E-state index is 12.5. The zero-order valence-electron chi connectivity index (χ0n) is 10.9. The van der Waals surface area contributed by atoms with Crippen LogP contribution in [0.1, 0.15) is 24.2 Å². The number of rotatable bonds is 1. The SMILES string of the molecule is CC1(C)C(=O)NC(=O)CN1C(=O)c1ccc(Cl)c(Cl)c1. The molecule has 7 heteroatoms. The van der Waals surface area contributed by atoms with E-state index >= 15 is 0 Å². The van der Waals surface area contributed by atoms with Gasteiger partial charge in [0.15, 0.2) is 0 Å². The number of hydrogen-bond donors (Lipinski definition) is 1. The first kappa shape index (κ1) is 14.8. The van der Waals surface area contributed by atoms with E-state index in [1.54, 1.807) is 13.8 Å². The third-order valence-electron chi connectivity index (χ3n) is 3.20. The van der Waals surface area contributed by atoms with E-state index in [9.17, 15) is 14.4 Å². The Morgan fingerprint density at radius 1 is 1.25 bits per heavy atom. The van der Waals surface area contributed by atoms with Crippen LogP contribution in [-0.2, 0) is 9.59 Å². The van der Waals surface area contributed by atoms with E-state index in [4.69, 9.17) is 23.2 Å². The molecule has 1 aliphatic rings. The van der Waals surface area contributed by atoms with E-state index in [0.717, 1.165) is 0 Å². The van der Waals surface area contributed by atoms with E-state index in [1.165, 1.54) is 23.1 Å². The summed E-state index contributed by atoms with van der Waals surface area (Å²) in [7, 11) is 0. The number of halogens is 2. The molecule has 1 fully saturated rings. The molecular weight excluding hydrogens is 303 g/mol. The minimum atomic E-state index is -1.11. The molecule has 0 aliphatic carbocycles. The topological polar surface area (TPSA) is 66.5 Å². The van der Waals surface area contributed by atoms with Gasteiger partial charge in [0.25, 0.3) is 11.8 Å². The summed E-state index contributed by atoms with van der Waals surface area (Å²) in [6.45, 7) is 2.96. The molecule has 1 saturated heterocycles. The number of imide groups is 1. The predicted molar refractivity (Wildman–Crippen MR) is 74.7 cm³/mol. The van der Waals surface area contributed by atoms with Crippen molar-refractivity contribution in [1.29, 1.82) is 0 Å². The van der Waals surface area contributed by atoms with Gasteiger partial charge in [0.2, 0.25) is 5.91 Å². The summed E-state index contributed by atoms with van der Waals surface area (Å²) in [6.07, 6.45) is 0. The molecule has 0 atom stereocenters. The lowest BCUT2D eigenvalue weighted by atomic mass is 9.97. The van der Waals surface area contributed by atoms with Gasteiger partial charge in [-0.05, 0) is 32.0 Å². The molecular formula is C13H12Cl2N2O3. The van der Waals surface area contributed by atoms with Crippen molar-refractivity contribution < 1.29 is 14.4 Å². The third kappa shape index (κ3) is 2.51. The van der Waals surface area contributed by atoms with Crippen LogP contribution in [0.15, 0.2) is 18.2 Å². The van der Waals surface area contributed by atoms with E-state index in [0.29, 0.717) is 5.02 Å². The predicted octanol–water partition coefficient (Wildman–Crippen LogP) is 1.87. The normalized spacial score (nSPS) is 17.9. The molecule has 5 nitrogen and oxygen atoms in total. The number of amides is 3. The van der Waals surface area contributed by atoms with Gasteiger partial charge in [0.05, 0.1) is 10.0 Å². The number of carbonyl (C=O) groups is 3. The summed E-state index contributed by atoms with van der Waals surface area (Å²) < 4.78 is 0. The van der Waals surface area contributed by atoms with Crippen LogP contribution in [0.2, 0.25) is 10.0 Å². The highest BCUT2D eigenvalue weighted by Crippen LogP contribution is 2.26. The van der Waals surface area contributed by atoms with Crippen molar-refractivity contribution in [3.8, 4) is 0 Å². The van der Waals surface area contributed by atoms with Gasteiger partial charge in [-0.2, -0.15) is 0 Å². The highest BCUT2D eigenvalue weighted by molar-refractivity contribution is 6.42. The molecule has 0 spiro atoms. The van der Waals surface area contributed by atoms with Crippen LogP contribution in [-0.4, -0.2) is 34.7 Å². The standard InChI is InChI=1S/C13H12Cl2N2O3/c1-13(2)12(20)16-10(18)6-17(13)11(19)7-3-4-8(14)9(15)5-7/h3-5H,6H2,1-2H3,(H,16,18,20). The number of piperazine rings is 1. The molecule has 0 radical (unpaired) electrons. The zero-order valence-corrected chi connectivity index (χ0v) is 12.4. The lowest BCUT2D eigenvalue weighted by Gasteiger charge is -2.40. The molecule has 20 heavy (non-hydrogen) atoms. The average Bonchev–Trinajstić information content (AvgIpc) is 2.36. The minimum absolute atomic E-state index is 0.183. The molecule has 0 aromatic heterocycles. The van der Waals surface area contributed by atoms with Crippen LogP contribution in [0.5, 0.6) is 0 Å². The first-order chi connectivity index (χ1) is 9.23. The molecule has 1 heterocycles. The van der Waals surface area contributed by atoms with Gasteiger partial charge in [-0.3, -0.25) is 19.7 Å². The Hall–Kier alpha value is -1.59. The van der Waals surface area contributed by atoms with Crippen molar-refractivity contribution in [2.24, 2.45) is 0 Å². The highest BCUT2D eigenvalue weighted by Gasteiger charge is 2.43. The number of nitrogens with zero attached hydrogens (tertiary/aromatic N) is 1. The maximum Gasteiger partial charge on any atom is 0.255 e. The highest BCUT2D eigenvalue weighted by atomic mass is 35.5. The van der Waals surface area contributed by atoms with Crippen molar-refractivity contribution >= 4 is 40.9 Å². The van der Waals surface area contributed by atoms with Crippen molar-refractivity contribution in [2.75, 3.05) is 6.54 Å². The van der Waals surface area contributed by atoms with Gasteiger partial charge in [-0.15, -0.1) is 0 Å². The summed E-state index contributed by atoms with van der Waals surface area (Å²) in [6, 6.07) is 4.42. The second kappa shape index (κ2) is 5.07. The molecule has 0 bridgehead atoms. The Kier molecular flexibility index (Phi) is 3.75. The minimum Gasteiger partial charge on any atom is -0.315 e. The average molecular weight is 315 g/mol. The van der Waals surface area contributed by atoms with Crippen LogP contribution < -0.4 is 5.32 Å². The molecule has 106 valence electrons. The smallest absolute Gasteiger partial charge is 0.255 e. The largest absolute Gasteiger partial charge is 0.315 e. The van der Waals surface area contributed by atoms with Gasteiger partial charge in [-0.1, -0.05) is 23.2 Å². The van der Waals surface area contributed by atoms with E-state index in [-0.39, 0.29) is 17.1 Å². The Bertz CT molecular complexity index is 614. The molecule has 1 aromatic rings. The Balaban J connectivity index is 2.38. The fourth-order valence-corrected chi connectivity index (χ4v) is 2.19. The van der Waals surface area contributed by atoms with E-state index < -0.39 is 23.3 Å². The van der Waals surface area contributed by atoms with Crippen LogP contribution >= 0.6 is 23.2 Å². The zero-order chi connectivity index (χ0) is 15.1. The van der Waals surface area contributed by atoms with Gasteiger partial charge in [0.1, 0.15) is 12.1 Å². The number of benzene rings is 1. The van der Waals surface area contributed by atoms with Crippen LogP contribution in [0.25, 0.3) is 0 Å². The van der Waals surface area contributed by atoms with Crippen molar-refractivity contribution in [1.82, 2.24) is 10.2 Å². The van der Waals surface area contributed by atoms with Crippen LogP contribution in [0.3, 0.4) is 0 Å². The molecule has 1 aliphatic heterocycles. The van der Waals surface area contributed by atoms with Gasteiger partial charge < -0.3 is 4.90 Å². The van der Waals surface area contributed by atoms with Crippen molar-refractivity contribution in [3.05, 3.63) is 33.8 Å². The Morgan fingerprint density at radius 3 is 2.50 bits per heavy atom. The summed E-state index contributed by atoms with van der Waals surface area (Å²) in [5.74, 6) is -1.47. The maximum absolute atomic E-state index is 12.5. The first-order valence-corrected chi connectivity index (χ1v) is 6.60. The number of carbonyl (C=O) groups excluding carboxylic acids is 3. The molecule has 0 saturated carbocycles. The monoisotopic (exact) mass is 314 g/mol. The van der Waals surface area contributed by atoms with Gasteiger partial charge >= 0.3 is 0 Å². The quantitative estimate of drug-likeness (QED) is 0.805. The molecule has 0 unspecified atom stereocenters. The van der Waals surface area contributed by atoms with Crippen molar-refractivity contribution in [3.63, 3.8) is 0 Å². The lowest BCUT2D eigenvalue weighted by Crippen LogP contribution is -2.65. The fraction of sp³-hybridized carbons (Fsp3) is 0.308. The lowest BCUT2D eigenvalue weighted by molar-refractivity contribution is -0.143. The van der Waals surface area contributed by atoms with Crippen molar-refractivity contribution in [2.45, 2.75) is 19.4 Å². The van der Waals surface area contributed by atoms with Crippen LogP contribution in [0, 0.1) is 0 Å². The summed E-state index contributed by atoms with van der Waals surface area (Å²) in [5.41, 5.74) is -0.841. The van der Waals surface area contributed by atoms with Gasteiger partial charge in [-0.25, -0.2) is 0 Å². The summed E-state index contributed by atoms with van der Waals surface area (Å²) in [4.78, 5) is 37.0. The molecule has 1 N–H and O–H groups in total. The summed E-state index contributed by atoms with van der Waals surface area (Å²) in [5, 5.41) is 2.78. The molecule has 2 rings (SSSR count). The Morgan fingerprint density at radius 2 is 1.90 bits per heavy atom. The summed E-state index contributed by atoms with van der Waals surface area (Å²) >= 11 is 11.7. The third-order valence-corrected chi connectivity index (χ3v) is 3.94. The first-order valence-electron chi connectivity index (χ1n) is 5.85. The molecule has 3 amide bonds. The second-order valence-corrected chi connectivity index (χ2v) is 5.77. The fourth-order valence-electron chi connectivity index (χ4n) is 1.89. The molecule has 1 aromatic carbocycles. The number of nitrogens with one attached hydrogen (secondary N) is 1. The van der Waals surface area contributed by atoms with E-state index in [2.05, 4.69) is 5.32 Å². The second-order valence-electron chi connectivity index (χ2n) is 4.96.